The molecule has 2 atom stereocenters. The van der Waals surface area contributed by atoms with Crippen LogP contribution in [0.2, 0.25) is 0 Å². The van der Waals surface area contributed by atoms with Gasteiger partial charge in [0.2, 0.25) is 0 Å². The monoisotopic (exact) mass is 221 g/mol. The number of amides is 1. The van der Waals surface area contributed by atoms with E-state index in [9.17, 15) is 4.79 Å². The largest absolute Gasteiger partial charge is 0.477 e. The molecule has 3 N–H and O–H groups in total. The zero-order valence-corrected chi connectivity index (χ0v) is 9.14. The Kier molecular flexibility index (Phi) is 3.05. The number of hydrogen-bond donors (Lipinski definition) is 2. The van der Waals surface area contributed by atoms with Crippen molar-refractivity contribution in [2.45, 2.75) is 31.9 Å². The van der Waals surface area contributed by atoms with Crippen LogP contribution >= 0.6 is 0 Å². The van der Waals surface area contributed by atoms with Gasteiger partial charge in [0.05, 0.1) is 0 Å². The minimum absolute atomic E-state index is 0.0756. The number of nitrogens with one attached hydrogen (secondary N) is 1. The lowest BCUT2D eigenvalue weighted by Gasteiger charge is -2.25. The molecule has 2 rings (SSSR count). The molecule has 0 radical (unpaired) electrons. The van der Waals surface area contributed by atoms with Gasteiger partial charge < -0.3 is 15.8 Å². The number of carbonyl (C=O) groups is 1. The maximum absolute atomic E-state index is 11.7. The van der Waals surface area contributed by atoms with Crippen LogP contribution in [-0.4, -0.2) is 23.0 Å². The Morgan fingerprint density at radius 2 is 2.50 bits per heavy atom. The van der Waals surface area contributed by atoms with E-state index in [1.54, 1.807) is 18.3 Å². The zero-order chi connectivity index (χ0) is 11.5. The van der Waals surface area contributed by atoms with Gasteiger partial charge in [-0.1, -0.05) is 0 Å². The van der Waals surface area contributed by atoms with Gasteiger partial charge in [-0.2, -0.15) is 0 Å². The number of anilines is 1. The van der Waals surface area contributed by atoms with E-state index in [-0.39, 0.29) is 11.9 Å². The van der Waals surface area contributed by atoms with Crippen LogP contribution < -0.4 is 15.8 Å². The number of ether oxygens (including phenoxy) is 1. The molecule has 1 aliphatic heterocycles. The van der Waals surface area contributed by atoms with Crippen molar-refractivity contribution in [2.24, 2.45) is 5.73 Å². The number of nitrogens with zero attached hydrogens (tertiary/aromatic N) is 1. The Morgan fingerprint density at radius 3 is 3.25 bits per heavy atom. The van der Waals surface area contributed by atoms with Crippen LogP contribution in [0.5, 0.6) is 5.75 Å². The highest BCUT2D eigenvalue weighted by atomic mass is 16.5. The summed E-state index contributed by atoms with van der Waals surface area (Å²) in [4.78, 5) is 15.7. The number of fused-ring (bicyclic) bond motifs is 1. The summed E-state index contributed by atoms with van der Waals surface area (Å²) < 4.78 is 5.56. The van der Waals surface area contributed by atoms with E-state index in [1.807, 2.05) is 6.92 Å². The highest BCUT2D eigenvalue weighted by Gasteiger charge is 2.27. The molecule has 0 saturated carbocycles. The van der Waals surface area contributed by atoms with Gasteiger partial charge in [0.1, 0.15) is 0 Å². The summed E-state index contributed by atoms with van der Waals surface area (Å²) in [6, 6.07) is 3.64. The molecular weight excluding hydrogens is 206 g/mol. The predicted octanol–water partition coefficient (Wildman–Crippen LogP) is 0.908. The molecule has 86 valence electrons. The van der Waals surface area contributed by atoms with Crippen LogP contribution in [0.3, 0.4) is 0 Å². The lowest BCUT2D eigenvalue weighted by molar-refractivity contribution is -0.123. The minimum atomic E-state index is -0.456. The number of pyridine rings is 1. The predicted molar refractivity (Wildman–Crippen MR) is 60.2 cm³/mol. The number of carbonyl (C=O) groups excluding carboxylic acids is 1. The Balaban J connectivity index is 2.06. The summed E-state index contributed by atoms with van der Waals surface area (Å²) in [5.74, 6) is 0.966. The van der Waals surface area contributed by atoms with Crippen molar-refractivity contribution >= 4 is 11.7 Å². The average molecular weight is 221 g/mol. The van der Waals surface area contributed by atoms with Gasteiger partial charge in [-0.3, -0.25) is 4.79 Å². The lowest BCUT2D eigenvalue weighted by Crippen LogP contribution is -2.38. The lowest BCUT2D eigenvalue weighted by atomic mass is 10.1. The minimum Gasteiger partial charge on any atom is -0.477 e. The molecule has 2 unspecified atom stereocenters. The number of hydrogen-bond acceptors (Lipinski definition) is 4. The summed E-state index contributed by atoms with van der Waals surface area (Å²) in [5.41, 5.74) is 5.65. The smallest absolute Gasteiger partial charge is 0.266 e. The normalized spacial score (nSPS) is 20.6. The molecule has 2 heterocycles. The second-order valence-electron chi connectivity index (χ2n) is 4.00. The first kappa shape index (κ1) is 10.9. The number of aromatic nitrogens is 1. The highest BCUT2D eigenvalue weighted by molar-refractivity contribution is 5.96. The Labute approximate surface area is 94.0 Å². The van der Waals surface area contributed by atoms with Crippen LogP contribution in [0, 0.1) is 0 Å². The average Bonchev–Trinajstić information content (AvgIpc) is 2.26. The third-order valence-electron chi connectivity index (χ3n) is 2.46. The van der Waals surface area contributed by atoms with Gasteiger partial charge in [-0.05, 0) is 31.9 Å². The molecule has 0 fully saturated rings. The molecule has 5 heteroatoms. The van der Waals surface area contributed by atoms with Crippen molar-refractivity contribution in [3.05, 3.63) is 18.3 Å². The van der Waals surface area contributed by atoms with Crippen LogP contribution in [0.1, 0.15) is 19.8 Å². The standard InChI is InChI=1S/C11H15N3O2/c1-7(12)4-5-9-11(15)14-10-8(16-9)3-2-6-13-10/h2-3,6-7,9H,4-5,12H2,1H3,(H,13,14,15). The van der Waals surface area contributed by atoms with E-state index in [0.717, 1.165) is 6.42 Å². The van der Waals surface area contributed by atoms with Gasteiger partial charge in [0.25, 0.3) is 5.91 Å². The third-order valence-corrected chi connectivity index (χ3v) is 2.46. The quantitative estimate of drug-likeness (QED) is 0.795. The van der Waals surface area contributed by atoms with Crippen molar-refractivity contribution in [3.8, 4) is 5.75 Å². The third kappa shape index (κ3) is 2.30. The van der Waals surface area contributed by atoms with Crippen LogP contribution in [0.4, 0.5) is 5.82 Å². The number of rotatable bonds is 3. The second-order valence-corrected chi connectivity index (χ2v) is 4.00. The summed E-state index contributed by atoms with van der Waals surface area (Å²) in [6.45, 7) is 1.91. The zero-order valence-electron chi connectivity index (χ0n) is 9.14. The molecule has 5 nitrogen and oxygen atoms in total. The van der Waals surface area contributed by atoms with Gasteiger partial charge in [-0.25, -0.2) is 4.98 Å². The Hall–Kier alpha value is -1.62. The van der Waals surface area contributed by atoms with Crippen LogP contribution in [0.25, 0.3) is 0 Å². The maximum atomic E-state index is 11.7. The highest BCUT2D eigenvalue weighted by Crippen LogP contribution is 2.27. The molecule has 1 amide bonds. The number of nitrogens with two attached hydrogens (primary N) is 1. The fourth-order valence-electron chi connectivity index (χ4n) is 1.59. The van der Waals surface area contributed by atoms with E-state index >= 15 is 0 Å². The summed E-state index contributed by atoms with van der Waals surface area (Å²) in [6.07, 6.45) is 2.54. The van der Waals surface area contributed by atoms with Crippen LogP contribution in [-0.2, 0) is 4.79 Å². The SMILES string of the molecule is CC(N)CCC1Oc2cccnc2NC1=O. The first-order valence-electron chi connectivity index (χ1n) is 5.35. The van der Waals surface area contributed by atoms with E-state index in [2.05, 4.69) is 10.3 Å². The molecule has 1 aromatic heterocycles. The molecule has 0 aliphatic carbocycles. The summed E-state index contributed by atoms with van der Waals surface area (Å²) in [7, 11) is 0. The molecule has 16 heavy (non-hydrogen) atoms. The molecule has 0 aromatic carbocycles. The molecular formula is C11H15N3O2. The second kappa shape index (κ2) is 4.49. The van der Waals surface area contributed by atoms with Gasteiger partial charge >= 0.3 is 0 Å². The van der Waals surface area contributed by atoms with Crippen molar-refractivity contribution in [2.75, 3.05) is 5.32 Å². The topological polar surface area (TPSA) is 77.2 Å². The maximum Gasteiger partial charge on any atom is 0.266 e. The van der Waals surface area contributed by atoms with E-state index < -0.39 is 6.10 Å². The molecule has 1 aromatic rings. The Bertz CT molecular complexity index is 393. The van der Waals surface area contributed by atoms with E-state index in [1.165, 1.54) is 0 Å². The van der Waals surface area contributed by atoms with Gasteiger partial charge in [0.15, 0.2) is 17.7 Å². The fourth-order valence-corrected chi connectivity index (χ4v) is 1.59. The first-order valence-corrected chi connectivity index (χ1v) is 5.35. The first-order chi connectivity index (χ1) is 7.66. The van der Waals surface area contributed by atoms with Gasteiger partial charge in [-0.15, -0.1) is 0 Å². The van der Waals surface area contributed by atoms with E-state index in [4.69, 9.17) is 10.5 Å². The van der Waals surface area contributed by atoms with Crippen molar-refractivity contribution in [1.82, 2.24) is 4.98 Å². The molecule has 0 saturated heterocycles. The molecule has 1 aliphatic rings. The van der Waals surface area contributed by atoms with Crippen LogP contribution in [0.15, 0.2) is 18.3 Å². The van der Waals surface area contributed by atoms with Crippen molar-refractivity contribution in [3.63, 3.8) is 0 Å². The van der Waals surface area contributed by atoms with Crippen molar-refractivity contribution in [1.29, 1.82) is 0 Å². The molecule has 0 bridgehead atoms. The fraction of sp³-hybridized carbons (Fsp3) is 0.455. The Morgan fingerprint density at radius 1 is 1.69 bits per heavy atom. The summed E-state index contributed by atoms with van der Waals surface area (Å²) >= 11 is 0. The molecule has 0 spiro atoms. The summed E-state index contributed by atoms with van der Waals surface area (Å²) in [5, 5.41) is 2.72. The van der Waals surface area contributed by atoms with E-state index in [0.29, 0.717) is 18.0 Å². The van der Waals surface area contributed by atoms with Crippen molar-refractivity contribution < 1.29 is 9.53 Å². The van der Waals surface area contributed by atoms with Gasteiger partial charge in [0, 0.05) is 12.2 Å².